The Bertz CT molecular complexity index is 490. The molecule has 1 aromatic carbocycles. The fraction of sp³-hybridized carbons (Fsp3) is 0.533. The second-order valence-corrected chi connectivity index (χ2v) is 6.00. The Hall–Kier alpha value is -0.810. The molecule has 0 aliphatic carbocycles. The second kappa shape index (κ2) is 7.99. The summed E-state index contributed by atoms with van der Waals surface area (Å²) in [5.74, 6) is -0.0633. The van der Waals surface area contributed by atoms with Crippen molar-refractivity contribution in [2.75, 3.05) is 31.5 Å². The molecule has 0 aromatic heterocycles. The molecule has 1 unspecified atom stereocenters. The molecule has 2 rings (SSSR count). The number of halogens is 2. The molecule has 0 saturated carbocycles. The third kappa shape index (κ3) is 4.58. The molecule has 1 amide bonds. The van der Waals surface area contributed by atoms with Crippen molar-refractivity contribution in [1.29, 1.82) is 0 Å². The predicted molar refractivity (Wildman–Crippen MR) is 88.2 cm³/mol. The molecule has 116 valence electrons. The number of carbonyl (C=O) groups is 1. The fourth-order valence-electron chi connectivity index (χ4n) is 2.62. The van der Waals surface area contributed by atoms with Crippen molar-refractivity contribution in [1.82, 2.24) is 10.2 Å². The molecular weight excluding hydrogens is 309 g/mol. The fourth-order valence-corrected chi connectivity index (χ4v) is 2.97. The van der Waals surface area contributed by atoms with E-state index in [-0.39, 0.29) is 5.91 Å². The molecular formula is C15H21Cl2N3O. The number of amides is 1. The number of nitrogens with one attached hydrogen (secondary N) is 2. The van der Waals surface area contributed by atoms with Crippen molar-refractivity contribution < 1.29 is 4.79 Å². The van der Waals surface area contributed by atoms with Crippen LogP contribution in [0.4, 0.5) is 5.69 Å². The van der Waals surface area contributed by atoms with Gasteiger partial charge in [0.25, 0.3) is 0 Å². The highest BCUT2D eigenvalue weighted by Gasteiger charge is 2.21. The van der Waals surface area contributed by atoms with Gasteiger partial charge in [-0.3, -0.25) is 9.69 Å². The average Bonchev–Trinajstić information content (AvgIpc) is 2.50. The van der Waals surface area contributed by atoms with Gasteiger partial charge in [0.2, 0.25) is 5.91 Å². The number of piperidine rings is 1. The molecule has 1 aliphatic rings. The van der Waals surface area contributed by atoms with Crippen molar-refractivity contribution in [2.45, 2.75) is 25.8 Å². The van der Waals surface area contributed by atoms with E-state index < -0.39 is 0 Å². The molecule has 4 nitrogen and oxygen atoms in total. The monoisotopic (exact) mass is 329 g/mol. The average molecular weight is 330 g/mol. The van der Waals surface area contributed by atoms with Gasteiger partial charge in [-0.1, -0.05) is 36.2 Å². The van der Waals surface area contributed by atoms with Crippen LogP contribution in [0.2, 0.25) is 10.0 Å². The first-order chi connectivity index (χ1) is 10.1. The highest BCUT2D eigenvalue weighted by molar-refractivity contribution is 6.43. The number of rotatable bonds is 5. The lowest BCUT2D eigenvalue weighted by Gasteiger charge is -2.33. The van der Waals surface area contributed by atoms with E-state index in [2.05, 4.69) is 22.5 Å². The highest BCUT2D eigenvalue weighted by Crippen LogP contribution is 2.29. The maximum atomic E-state index is 12.2. The van der Waals surface area contributed by atoms with Crippen LogP contribution in [0.3, 0.4) is 0 Å². The number of nitrogens with zero attached hydrogens (tertiary/aromatic N) is 1. The molecule has 21 heavy (non-hydrogen) atoms. The lowest BCUT2D eigenvalue weighted by molar-refractivity contribution is -0.117. The molecule has 1 aromatic rings. The van der Waals surface area contributed by atoms with E-state index in [0.29, 0.717) is 28.3 Å². The summed E-state index contributed by atoms with van der Waals surface area (Å²) in [6.45, 7) is 5.31. The van der Waals surface area contributed by atoms with E-state index in [1.165, 1.54) is 0 Å². The minimum absolute atomic E-state index is 0.0633. The molecule has 1 aliphatic heterocycles. The number of benzene rings is 1. The number of hydrogen-bond acceptors (Lipinski definition) is 3. The Morgan fingerprint density at radius 2 is 2.29 bits per heavy atom. The summed E-state index contributed by atoms with van der Waals surface area (Å²) in [5.41, 5.74) is 0.562. The molecule has 0 radical (unpaired) electrons. The SMILES string of the molecule is CCN(CC(=O)Nc1cccc(Cl)c1Cl)C1CCCNC1. The summed E-state index contributed by atoms with van der Waals surface area (Å²) in [6.07, 6.45) is 2.29. The van der Waals surface area contributed by atoms with Gasteiger partial charge in [0.05, 0.1) is 22.3 Å². The van der Waals surface area contributed by atoms with Crippen LogP contribution in [-0.4, -0.2) is 43.0 Å². The highest BCUT2D eigenvalue weighted by atomic mass is 35.5. The van der Waals surface area contributed by atoms with E-state index >= 15 is 0 Å². The van der Waals surface area contributed by atoms with Crippen LogP contribution in [0.5, 0.6) is 0 Å². The van der Waals surface area contributed by atoms with Crippen LogP contribution in [0.1, 0.15) is 19.8 Å². The molecule has 0 spiro atoms. The molecule has 6 heteroatoms. The van der Waals surface area contributed by atoms with E-state index in [1.54, 1.807) is 18.2 Å². The van der Waals surface area contributed by atoms with Gasteiger partial charge in [0.1, 0.15) is 0 Å². The van der Waals surface area contributed by atoms with Gasteiger partial charge in [-0.05, 0) is 38.1 Å². The molecule has 1 heterocycles. The summed E-state index contributed by atoms with van der Waals surface area (Å²) in [4.78, 5) is 14.4. The molecule has 1 atom stereocenters. The second-order valence-electron chi connectivity index (χ2n) is 5.21. The third-order valence-electron chi connectivity index (χ3n) is 3.77. The zero-order chi connectivity index (χ0) is 15.2. The smallest absolute Gasteiger partial charge is 0.238 e. The zero-order valence-corrected chi connectivity index (χ0v) is 13.7. The van der Waals surface area contributed by atoms with E-state index in [1.807, 2.05) is 0 Å². The standard InChI is InChI=1S/C15H21Cl2N3O/c1-2-20(11-5-4-8-18-9-11)10-14(21)19-13-7-3-6-12(16)15(13)17/h3,6-7,11,18H,2,4-5,8-10H2,1H3,(H,19,21). The Kier molecular flexibility index (Phi) is 6.30. The summed E-state index contributed by atoms with van der Waals surface area (Å²) < 4.78 is 0. The van der Waals surface area contributed by atoms with Crippen LogP contribution in [0.15, 0.2) is 18.2 Å². The number of hydrogen-bond donors (Lipinski definition) is 2. The minimum Gasteiger partial charge on any atom is -0.324 e. The first-order valence-electron chi connectivity index (χ1n) is 7.30. The van der Waals surface area contributed by atoms with Gasteiger partial charge in [-0.15, -0.1) is 0 Å². The summed E-state index contributed by atoms with van der Waals surface area (Å²) in [5, 5.41) is 7.04. The number of likely N-dealkylation sites (N-methyl/N-ethyl adjacent to an activating group) is 1. The maximum absolute atomic E-state index is 12.2. The van der Waals surface area contributed by atoms with Crippen molar-refractivity contribution in [2.24, 2.45) is 0 Å². The van der Waals surface area contributed by atoms with E-state index in [0.717, 1.165) is 32.5 Å². The summed E-state index contributed by atoms with van der Waals surface area (Å²) in [6, 6.07) is 5.65. The Labute approximate surface area is 135 Å². The zero-order valence-electron chi connectivity index (χ0n) is 12.2. The quantitative estimate of drug-likeness (QED) is 0.872. The molecule has 1 fully saturated rings. The van der Waals surface area contributed by atoms with E-state index in [9.17, 15) is 4.79 Å². The van der Waals surface area contributed by atoms with Crippen molar-refractivity contribution in [3.63, 3.8) is 0 Å². The lowest BCUT2D eigenvalue weighted by Crippen LogP contribution is -2.48. The molecule has 1 saturated heterocycles. The van der Waals surface area contributed by atoms with Crippen molar-refractivity contribution >= 4 is 34.8 Å². The van der Waals surface area contributed by atoms with Crippen LogP contribution < -0.4 is 10.6 Å². The van der Waals surface area contributed by atoms with Crippen LogP contribution >= 0.6 is 23.2 Å². The summed E-state index contributed by atoms with van der Waals surface area (Å²) >= 11 is 12.0. The van der Waals surface area contributed by atoms with Crippen molar-refractivity contribution in [3.05, 3.63) is 28.2 Å². The van der Waals surface area contributed by atoms with Crippen LogP contribution in [0, 0.1) is 0 Å². The van der Waals surface area contributed by atoms with Gasteiger partial charge in [-0.2, -0.15) is 0 Å². The normalized spacial score (nSPS) is 18.8. The maximum Gasteiger partial charge on any atom is 0.238 e. The predicted octanol–water partition coefficient (Wildman–Crippen LogP) is 3.01. The van der Waals surface area contributed by atoms with E-state index in [4.69, 9.17) is 23.2 Å². The largest absolute Gasteiger partial charge is 0.324 e. The van der Waals surface area contributed by atoms with Gasteiger partial charge in [-0.25, -0.2) is 0 Å². The van der Waals surface area contributed by atoms with Crippen LogP contribution in [-0.2, 0) is 4.79 Å². The number of carbonyl (C=O) groups excluding carboxylic acids is 1. The van der Waals surface area contributed by atoms with Gasteiger partial charge in [0, 0.05) is 12.6 Å². The Morgan fingerprint density at radius 3 is 2.95 bits per heavy atom. The summed E-state index contributed by atoms with van der Waals surface area (Å²) in [7, 11) is 0. The number of anilines is 1. The third-order valence-corrected chi connectivity index (χ3v) is 4.58. The van der Waals surface area contributed by atoms with Gasteiger partial charge in [0.15, 0.2) is 0 Å². The molecule has 0 bridgehead atoms. The van der Waals surface area contributed by atoms with Gasteiger partial charge >= 0.3 is 0 Å². The first-order valence-corrected chi connectivity index (χ1v) is 8.06. The molecule has 2 N–H and O–H groups in total. The van der Waals surface area contributed by atoms with Gasteiger partial charge < -0.3 is 10.6 Å². The van der Waals surface area contributed by atoms with Crippen LogP contribution in [0.25, 0.3) is 0 Å². The topological polar surface area (TPSA) is 44.4 Å². The van der Waals surface area contributed by atoms with Crippen molar-refractivity contribution in [3.8, 4) is 0 Å². The Balaban J connectivity index is 1.94. The minimum atomic E-state index is -0.0633. The first kappa shape index (κ1) is 16.6. The lowest BCUT2D eigenvalue weighted by atomic mass is 10.1. The Morgan fingerprint density at radius 1 is 1.48 bits per heavy atom.